The number of carbonyl (C=O) groups excluding carboxylic acids is 2. The fourth-order valence-electron chi connectivity index (χ4n) is 3.86. The van der Waals surface area contributed by atoms with Crippen LogP contribution in [0.3, 0.4) is 0 Å². The molecule has 0 radical (unpaired) electrons. The number of esters is 1. The van der Waals surface area contributed by atoms with Crippen molar-refractivity contribution in [1.82, 2.24) is 0 Å². The van der Waals surface area contributed by atoms with Crippen molar-refractivity contribution in [3.05, 3.63) is 130 Å². The second kappa shape index (κ2) is 10.4. The van der Waals surface area contributed by atoms with Crippen LogP contribution >= 0.6 is 0 Å². The van der Waals surface area contributed by atoms with Gasteiger partial charge in [0.15, 0.2) is 6.10 Å². The average molecular weight is 464 g/mol. The van der Waals surface area contributed by atoms with Gasteiger partial charge in [0.2, 0.25) is 5.78 Å². The first kappa shape index (κ1) is 24.0. The molecule has 0 aliphatic rings. The first-order chi connectivity index (χ1) is 16.8. The lowest BCUT2D eigenvalue weighted by molar-refractivity contribution is 0.0281. The van der Waals surface area contributed by atoms with Gasteiger partial charge in [-0.3, -0.25) is 4.79 Å². The van der Waals surface area contributed by atoms with Crippen molar-refractivity contribution < 1.29 is 14.3 Å². The molecule has 0 saturated heterocycles. The first-order valence-electron chi connectivity index (χ1n) is 11.6. The maximum Gasteiger partial charge on any atom is 0.341 e. The van der Waals surface area contributed by atoms with Crippen LogP contribution in [-0.4, -0.2) is 11.8 Å². The van der Waals surface area contributed by atoms with Gasteiger partial charge < -0.3 is 10.1 Å². The molecule has 4 aromatic carbocycles. The van der Waals surface area contributed by atoms with Gasteiger partial charge in [0.25, 0.3) is 0 Å². The predicted octanol–water partition coefficient (Wildman–Crippen LogP) is 7.44. The number of carbonyl (C=O) groups is 2. The number of benzene rings is 4. The number of hydrogen-bond donors (Lipinski definition) is 1. The van der Waals surface area contributed by atoms with Crippen LogP contribution in [0.1, 0.15) is 54.6 Å². The molecule has 0 saturated carbocycles. The van der Waals surface area contributed by atoms with E-state index in [0.29, 0.717) is 22.4 Å². The lowest BCUT2D eigenvalue weighted by atomic mass is 9.98. The van der Waals surface area contributed by atoms with Crippen LogP contribution < -0.4 is 5.32 Å². The van der Waals surface area contributed by atoms with Crippen LogP contribution in [0.25, 0.3) is 0 Å². The highest BCUT2D eigenvalue weighted by atomic mass is 16.5. The minimum absolute atomic E-state index is 0.262. The lowest BCUT2D eigenvalue weighted by Crippen LogP contribution is -2.21. The van der Waals surface area contributed by atoms with Gasteiger partial charge in [-0.15, -0.1) is 0 Å². The number of Topliss-reactive ketones (excluding diaryl/α,β-unsaturated/α-hetero) is 1. The summed E-state index contributed by atoms with van der Waals surface area (Å²) in [7, 11) is 0. The zero-order valence-corrected chi connectivity index (χ0v) is 20.5. The van der Waals surface area contributed by atoms with Crippen LogP contribution in [0, 0.1) is 27.7 Å². The van der Waals surface area contributed by atoms with E-state index < -0.39 is 12.1 Å². The second-order valence-electron chi connectivity index (χ2n) is 8.84. The number of hydrogen-bond acceptors (Lipinski definition) is 4. The molecule has 4 aromatic rings. The third kappa shape index (κ3) is 5.49. The Morgan fingerprint density at radius 1 is 0.686 bits per heavy atom. The average Bonchev–Trinajstić information content (AvgIpc) is 2.86. The summed E-state index contributed by atoms with van der Waals surface area (Å²) in [5, 5.41) is 3.36. The highest BCUT2D eigenvalue weighted by molar-refractivity contribution is 6.03. The molecule has 1 unspecified atom stereocenters. The molecular weight excluding hydrogens is 434 g/mol. The van der Waals surface area contributed by atoms with Crippen LogP contribution in [-0.2, 0) is 4.74 Å². The van der Waals surface area contributed by atoms with Gasteiger partial charge in [-0.2, -0.15) is 0 Å². The second-order valence-corrected chi connectivity index (χ2v) is 8.84. The van der Waals surface area contributed by atoms with Crippen LogP contribution in [0.15, 0.2) is 91.0 Å². The molecular formula is C31H29NO3. The number of aryl methyl sites for hydroxylation is 3. The third-order valence-electron chi connectivity index (χ3n) is 6.20. The molecule has 0 aromatic heterocycles. The molecule has 0 amide bonds. The Labute approximate surface area is 206 Å². The summed E-state index contributed by atoms with van der Waals surface area (Å²) in [4.78, 5) is 26.9. The van der Waals surface area contributed by atoms with Crippen molar-refractivity contribution in [2.24, 2.45) is 0 Å². The van der Waals surface area contributed by atoms with Crippen molar-refractivity contribution in [3.8, 4) is 0 Å². The number of anilines is 2. The quantitative estimate of drug-likeness (QED) is 0.228. The van der Waals surface area contributed by atoms with E-state index in [1.807, 2.05) is 94.4 Å². The van der Waals surface area contributed by atoms with E-state index in [1.54, 1.807) is 24.3 Å². The highest BCUT2D eigenvalue weighted by Gasteiger charge is 2.28. The van der Waals surface area contributed by atoms with Crippen molar-refractivity contribution >= 4 is 23.1 Å². The van der Waals surface area contributed by atoms with Crippen molar-refractivity contribution in [1.29, 1.82) is 0 Å². The Morgan fingerprint density at radius 2 is 1.29 bits per heavy atom. The molecule has 0 spiro atoms. The van der Waals surface area contributed by atoms with E-state index in [4.69, 9.17) is 4.74 Å². The molecule has 1 N–H and O–H groups in total. The molecule has 4 heteroatoms. The fourth-order valence-corrected chi connectivity index (χ4v) is 3.86. The summed E-state index contributed by atoms with van der Waals surface area (Å²) >= 11 is 0. The van der Waals surface area contributed by atoms with E-state index in [-0.39, 0.29) is 5.78 Å². The molecule has 1 atom stereocenters. The Hall–Kier alpha value is -4.18. The Bertz CT molecular complexity index is 1360. The van der Waals surface area contributed by atoms with Crippen molar-refractivity contribution in [2.75, 3.05) is 5.32 Å². The minimum atomic E-state index is -1.06. The van der Waals surface area contributed by atoms with Gasteiger partial charge >= 0.3 is 5.97 Å². The number of nitrogens with one attached hydrogen (secondary N) is 1. The maximum atomic E-state index is 13.5. The summed E-state index contributed by atoms with van der Waals surface area (Å²) in [6.45, 7) is 8.02. The summed E-state index contributed by atoms with van der Waals surface area (Å²) in [5.74, 6) is -0.827. The SMILES string of the molecule is Cc1ccc(C(=O)C(OC(=O)c2ccccc2Nc2cccc(C)c2C)c2ccc(C)cc2)cc1. The highest BCUT2D eigenvalue weighted by Crippen LogP contribution is 2.29. The molecule has 0 aliphatic heterocycles. The molecule has 0 bridgehead atoms. The summed E-state index contributed by atoms with van der Waals surface area (Å²) < 4.78 is 5.91. The molecule has 0 aliphatic carbocycles. The molecule has 35 heavy (non-hydrogen) atoms. The van der Waals surface area contributed by atoms with Gasteiger partial charge in [0.1, 0.15) is 0 Å². The van der Waals surface area contributed by atoms with Gasteiger partial charge in [-0.1, -0.05) is 83.9 Å². The standard InChI is InChI=1S/C31H29NO3/c1-20-12-16-24(17-13-20)29(33)30(25-18-14-21(2)15-19-25)35-31(34)26-9-5-6-10-28(26)32-27-11-7-8-22(3)23(27)4/h5-19,30,32H,1-4H3. The molecule has 0 heterocycles. The van der Waals surface area contributed by atoms with E-state index >= 15 is 0 Å². The molecule has 176 valence electrons. The topological polar surface area (TPSA) is 55.4 Å². The molecule has 4 nitrogen and oxygen atoms in total. The van der Waals surface area contributed by atoms with E-state index in [2.05, 4.69) is 5.32 Å². The zero-order valence-electron chi connectivity index (χ0n) is 20.5. The summed E-state index contributed by atoms with van der Waals surface area (Å²) in [6, 6.07) is 28.0. The number of ether oxygens (including phenoxy) is 1. The van der Waals surface area contributed by atoms with Crippen LogP contribution in [0.4, 0.5) is 11.4 Å². The van der Waals surface area contributed by atoms with Gasteiger partial charge in [0.05, 0.1) is 11.3 Å². The number of rotatable bonds is 7. The lowest BCUT2D eigenvalue weighted by Gasteiger charge is -2.20. The minimum Gasteiger partial charge on any atom is -0.445 e. The van der Waals surface area contributed by atoms with Crippen LogP contribution in [0.2, 0.25) is 0 Å². The molecule has 0 fully saturated rings. The zero-order chi connectivity index (χ0) is 24.9. The maximum absolute atomic E-state index is 13.5. The molecule has 4 rings (SSSR count). The van der Waals surface area contributed by atoms with Gasteiger partial charge in [-0.25, -0.2) is 4.79 Å². The first-order valence-corrected chi connectivity index (χ1v) is 11.6. The smallest absolute Gasteiger partial charge is 0.341 e. The predicted molar refractivity (Wildman–Crippen MR) is 140 cm³/mol. The largest absolute Gasteiger partial charge is 0.445 e. The summed E-state index contributed by atoms with van der Waals surface area (Å²) in [5.41, 5.74) is 7.39. The monoisotopic (exact) mass is 463 g/mol. The fraction of sp³-hybridized carbons (Fsp3) is 0.161. The van der Waals surface area contributed by atoms with E-state index in [0.717, 1.165) is 27.9 Å². The van der Waals surface area contributed by atoms with Crippen molar-refractivity contribution in [3.63, 3.8) is 0 Å². The number of para-hydroxylation sites is 1. The van der Waals surface area contributed by atoms with Gasteiger partial charge in [-0.05, 0) is 57.0 Å². The number of ketones is 1. The van der Waals surface area contributed by atoms with Gasteiger partial charge in [0, 0.05) is 16.8 Å². The Balaban J connectivity index is 1.67. The normalized spacial score (nSPS) is 11.5. The van der Waals surface area contributed by atoms with E-state index in [9.17, 15) is 9.59 Å². The van der Waals surface area contributed by atoms with Crippen LogP contribution in [0.5, 0.6) is 0 Å². The Morgan fingerprint density at radius 3 is 1.97 bits per heavy atom. The Kier molecular flexibility index (Phi) is 7.11. The third-order valence-corrected chi connectivity index (χ3v) is 6.20. The van der Waals surface area contributed by atoms with E-state index in [1.165, 1.54) is 0 Å². The summed E-state index contributed by atoms with van der Waals surface area (Å²) in [6.07, 6.45) is -1.06. The van der Waals surface area contributed by atoms with Crippen molar-refractivity contribution in [2.45, 2.75) is 33.8 Å².